The summed E-state index contributed by atoms with van der Waals surface area (Å²) < 4.78 is 0. The van der Waals surface area contributed by atoms with Gasteiger partial charge in [0.1, 0.15) is 0 Å². The van der Waals surface area contributed by atoms with Crippen LogP contribution in [0.1, 0.15) is 11.4 Å². The Labute approximate surface area is 55.8 Å². The van der Waals surface area contributed by atoms with E-state index in [1.54, 1.807) is 0 Å². The summed E-state index contributed by atoms with van der Waals surface area (Å²) in [5, 5.41) is 10.2. The number of hydrogen-bond donors (Lipinski definition) is 2. The fourth-order valence-corrected chi connectivity index (χ4v) is 1.57. The van der Waals surface area contributed by atoms with Crippen molar-refractivity contribution >= 4 is 8.19 Å². The average Bonchev–Trinajstić information content (AvgIpc) is 2.37. The second-order valence-corrected chi connectivity index (χ2v) is 3.08. The first-order valence-corrected chi connectivity index (χ1v) is 3.93. The van der Waals surface area contributed by atoms with Crippen molar-refractivity contribution in [2.75, 3.05) is 6.54 Å². The van der Waals surface area contributed by atoms with E-state index in [9.17, 15) is 0 Å². The minimum Gasteiger partial charge on any atom is -0.387 e. The molecule has 0 bridgehead atoms. The highest BCUT2D eigenvalue weighted by atomic mass is 31.0. The molecule has 0 saturated heterocycles. The molecule has 0 saturated carbocycles. The number of rotatable bonds is 2. The molecule has 0 amide bonds. The van der Waals surface area contributed by atoms with Crippen LogP contribution in [0.25, 0.3) is 0 Å². The van der Waals surface area contributed by atoms with Gasteiger partial charge in [-0.05, 0) is 11.1 Å². The summed E-state index contributed by atoms with van der Waals surface area (Å²) in [6, 6.07) is 3.88. The van der Waals surface area contributed by atoms with E-state index in [1.165, 1.54) is 0 Å². The first-order valence-electron chi connectivity index (χ1n) is 2.86. The lowest BCUT2D eigenvalue weighted by atomic mass is 10.3. The van der Waals surface area contributed by atoms with Crippen LogP contribution in [0.15, 0.2) is 17.9 Å². The van der Waals surface area contributed by atoms with Gasteiger partial charge in [-0.1, -0.05) is 12.1 Å². The second-order valence-electron chi connectivity index (χ2n) is 1.88. The molecule has 2 atom stereocenters. The third-order valence-electron chi connectivity index (χ3n) is 1.20. The summed E-state index contributed by atoms with van der Waals surface area (Å²) in [7, 11) is 0.637. The van der Waals surface area contributed by atoms with Crippen molar-refractivity contribution in [2.24, 2.45) is 5.73 Å². The van der Waals surface area contributed by atoms with Gasteiger partial charge >= 0.3 is 0 Å². The molecule has 3 N–H and O–H groups in total. The van der Waals surface area contributed by atoms with Crippen molar-refractivity contribution in [3.63, 3.8) is 0 Å². The first kappa shape index (κ1) is 6.81. The SMILES string of the molecule is NCC(O)c1ccc[pH]1. The molecule has 0 fully saturated rings. The number of hydrogen-bond acceptors (Lipinski definition) is 2. The van der Waals surface area contributed by atoms with Gasteiger partial charge in [-0.3, -0.25) is 0 Å². The smallest absolute Gasteiger partial charge is 0.0945 e. The maximum atomic E-state index is 9.13. The van der Waals surface area contributed by atoms with Crippen LogP contribution in [-0.2, 0) is 0 Å². The fourth-order valence-electron chi connectivity index (χ4n) is 0.678. The molecule has 1 aromatic heterocycles. The molecule has 0 aromatic carbocycles. The Morgan fingerprint density at radius 2 is 2.56 bits per heavy atom. The molecule has 3 heteroatoms. The molecule has 2 nitrogen and oxygen atoms in total. The fraction of sp³-hybridized carbons (Fsp3) is 0.333. The first-order chi connectivity index (χ1) is 4.34. The quantitative estimate of drug-likeness (QED) is 0.640. The highest BCUT2D eigenvalue weighted by Gasteiger charge is 2.02. The zero-order valence-corrected chi connectivity index (χ0v) is 6.04. The third-order valence-corrected chi connectivity index (χ3v) is 2.40. The molecule has 2 unspecified atom stereocenters. The largest absolute Gasteiger partial charge is 0.387 e. The van der Waals surface area contributed by atoms with Crippen molar-refractivity contribution in [1.29, 1.82) is 0 Å². The van der Waals surface area contributed by atoms with E-state index in [-0.39, 0.29) is 0 Å². The maximum absolute atomic E-state index is 9.13. The Hall–Kier alpha value is -0.300. The van der Waals surface area contributed by atoms with Gasteiger partial charge in [-0.15, -0.1) is 8.19 Å². The van der Waals surface area contributed by atoms with Crippen LogP contribution in [0.2, 0.25) is 0 Å². The molecular weight excluding hydrogens is 133 g/mol. The standard InChI is InChI=1S/C6H10NOP/c7-4-5(8)6-2-1-3-9-6/h1-3,5,8-9H,4,7H2. The molecule has 1 heterocycles. The Balaban J connectivity index is 2.65. The highest BCUT2D eigenvalue weighted by molar-refractivity contribution is 7.30. The Morgan fingerprint density at radius 3 is 3.00 bits per heavy atom. The monoisotopic (exact) mass is 143 g/mol. The number of aliphatic hydroxyl groups is 1. The molecular formula is C6H10NOP. The van der Waals surface area contributed by atoms with Gasteiger partial charge < -0.3 is 10.8 Å². The summed E-state index contributed by atoms with van der Waals surface area (Å²) in [6.07, 6.45) is -0.418. The van der Waals surface area contributed by atoms with Crippen LogP contribution in [0.4, 0.5) is 0 Å². The van der Waals surface area contributed by atoms with E-state index in [0.717, 1.165) is 5.30 Å². The maximum Gasteiger partial charge on any atom is 0.0945 e. The molecule has 0 aliphatic heterocycles. The Morgan fingerprint density at radius 1 is 1.78 bits per heavy atom. The van der Waals surface area contributed by atoms with Crippen molar-refractivity contribution in [2.45, 2.75) is 6.10 Å². The lowest BCUT2D eigenvalue weighted by Crippen LogP contribution is -2.09. The van der Waals surface area contributed by atoms with Gasteiger partial charge in [-0.25, -0.2) is 0 Å². The van der Waals surface area contributed by atoms with Crippen molar-refractivity contribution in [3.8, 4) is 0 Å². The summed E-state index contributed by atoms with van der Waals surface area (Å²) in [6.45, 7) is 0.334. The summed E-state index contributed by atoms with van der Waals surface area (Å²) >= 11 is 0. The van der Waals surface area contributed by atoms with E-state index in [2.05, 4.69) is 0 Å². The van der Waals surface area contributed by atoms with Crippen LogP contribution < -0.4 is 5.73 Å². The molecule has 0 spiro atoms. The highest BCUT2D eigenvalue weighted by Crippen LogP contribution is 2.21. The van der Waals surface area contributed by atoms with Crippen LogP contribution in [0.3, 0.4) is 0 Å². The predicted octanol–water partition coefficient (Wildman–Crippen LogP) is 0.710. The molecule has 0 aliphatic carbocycles. The second kappa shape index (κ2) is 3.02. The van der Waals surface area contributed by atoms with Gasteiger partial charge in [0, 0.05) is 6.54 Å². The van der Waals surface area contributed by atoms with Crippen LogP contribution in [0, 0.1) is 0 Å². The van der Waals surface area contributed by atoms with Crippen LogP contribution in [0.5, 0.6) is 0 Å². The lowest BCUT2D eigenvalue weighted by Gasteiger charge is -2.02. The van der Waals surface area contributed by atoms with Gasteiger partial charge in [0.15, 0.2) is 0 Å². The summed E-state index contributed by atoms with van der Waals surface area (Å²) in [5.74, 6) is 2.04. The van der Waals surface area contributed by atoms with Gasteiger partial charge in [0.05, 0.1) is 6.10 Å². The zero-order chi connectivity index (χ0) is 6.69. The van der Waals surface area contributed by atoms with E-state index < -0.39 is 6.10 Å². The van der Waals surface area contributed by atoms with E-state index in [4.69, 9.17) is 10.8 Å². The van der Waals surface area contributed by atoms with Crippen molar-refractivity contribution in [1.82, 2.24) is 0 Å². The zero-order valence-electron chi connectivity index (χ0n) is 5.04. The van der Waals surface area contributed by atoms with E-state index in [0.29, 0.717) is 14.7 Å². The number of aliphatic hydroxyl groups excluding tert-OH is 1. The average molecular weight is 143 g/mol. The minimum absolute atomic E-state index is 0.334. The van der Waals surface area contributed by atoms with E-state index in [1.807, 2.05) is 17.9 Å². The Kier molecular flexibility index (Phi) is 2.29. The van der Waals surface area contributed by atoms with Crippen molar-refractivity contribution in [3.05, 3.63) is 23.2 Å². The van der Waals surface area contributed by atoms with E-state index >= 15 is 0 Å². The van der Waals surface area contributed by atoms with Crippen LogP contribution in [-0.4, -0.2) is 11.7 Å². The predicted molar refractivity (Wildman–Crippen MR) is 40.0 cm³/mol. The Bertz CT molecular complexity index is 162. The molecule has 0 radical (unpaired) electrons. The topological polar surface area (TPSA) is 46.2 Å². The molecule has 1 aromatic rings. The minimum atomic E-state index is -0.418. The third kappa shape index (κ3) is 1.55. The molecule has 50 valence electrons. The van der Waals surface area contributed by atoms with Crippen LogP contribution >= 0.6 is 8.19 Å². The molecule has 0 aliphatic rings. The normalized spacial score (nSPS) is 14.4. The summed E-state index contributed by atoms with van der Waals surface area (Å²) in [4.78, 5) is 0. The van der Waals surface area contributed by atoms with Crippen molar-refractivity contribution < 1.29 is 5.11 Å². The summed E-state index contributed by atoms with van der Waals surface area (Å²) in [5.41, 5.74) is 5.24. The van der Waals surface area contributed by atoms with Gasteiger partial charge in [0.2, 0.25) is 0 Å². The van der Waals surface area contributed by atoms with Gasteiger partial charge in [-0.2, -0.15) is 0 Å². The molecule has 1 rings (SSSR count). The van der Waals surface area contributed by atoms with Gasteiger partial charge in [0.25, 0.3) is 0 Å². The number of nitrogens with two attached hydrogens (primary N) is 1. The lowest BCUT2D eigenvalue weighted by molar-refractivity contribution is 0.190. The molecule has 9 heavy (non-hydrogen) atoms.